The Hall–Kier alpha value is -3.36. The van der Waals surface area contributed by atoms with Crippen molar-refractivity contribution in [1.82, 2.24) is 4.90 Å². The van der Waals surface area contributed by atoms with Crippen LogP contribution in [0.15, 0.2) is 42.5 Å². The number of halogens is 3. The average molecular weight is 377 g/mol. The van der Waals surface area contributed by atoms with Gasteiger partial charge >= 0.3 is 6.03 Å². The van der Waals surface area contributed by atoms with Crippen LogP contribution in [0.2, 0.25) is 0 Å². The fraction of sp³-hybridized carbons (Fsp3) is 0.167. The first-order chi connectivity index (χ1) is 12.8. The molecule has 1 aliphatic heterocycles. The van der Waals surface area contributed by atoms with Gasteiger partial charge in [-0.05, 0) is 43.3 Å². The Morgan fingerprint density at radius 2 is 1.67 bits per heavy atom. The minimum Gasteiger partial charge on any atom is -0.322 e. The minimum atomic E-state index is -0.983. The minimum absolute atomic E-state index is 0.274. The second-order valence-corrected chi connectivity index (χ2v) is 5.90. The van der Waals surface area contributed by atoms with E-state index < -0.39 is 47.9 Å². The van der Waals surface area contributed by atoms with Crippen molar-refractivity contribution in [3.05, 3.63) is 59.9 Å². The second-order valence-electron chi connectivity index (χ2n) is 5.90. The largest absolute Gasteiger partial charge is 0.332 e. The van der Waals surface area contributed by atoms with Crippen LogP contribution in [0.5, 0.6) is 0 Å². The molecule has 1 aliphatic rings. The summed E-state index contributed by atoms with van der Waals surface area (Å²) >= 11 is 0. The summed E-state index contributed by atoms with van der Waals surface area (Å²) in [5, 5.41) is 2.19. The van der Waals surface area contributed by atoms with E-state index in [4.69, 9.17) is 0 Å². The number of anilines is 2. The summed E-state index contributed by atoms with van der Waals surface area (Å²) in [4.78, 5) is 38.8. The Morgan fingerprint density at radius 3 is 2.30 bits per heavy atom. The van der Waals surface area contributed by atoms with Crippen LogP contribution in [0.1, 0.15) is 6.92 Å². The Kier molecular flexibility index (Phi) is 4.85. The first-order valence-electron chi connectivity index (χ1n) is 7.93. The molecule has 3 rings (SSSR count). The van der Waals surface area contributed by atoms with Gasteiger partial charge in [-0.2, -0.15) is 0 Å². The van der Waals surface area contributed by atoms with Crippen LogP contribution in [0, 0.1) is 17.5 Å². The fourth-order valence-corrected chi connectivity index (χ4v) is 2.73. The maximum absolute atomic E-state index is 13.6. The molecule has 0 bridgehead atoms. The summed E-state index contributed by atoms with van der Waals surface area (Å²) in [5.41, 5.74) is 0.0265. The van der Waals surface area contributed by atoms with Crippen molar-refractivity contribution < 1.29 is 27.6 Å². The van der Waals surface area contributed by atoms with Crippen molar-refractivity contribution in [2.45, 2.75) is 13.0 Å². The van der Waals surface area contributed by atoms with Crippen LogP contribution in [-0.4, -0.2) is 35.3 Å². The summed E-state index contributed by atoms with van der Waals surface area (Å²) in [6, 6.07) is 5.92. The SMILES string of the molecule is C[C@H]1C(=O)N(CC(=O)Nc2ccc(F)cc2F)C(=O)N1c1ccc(F)cc1. The highest BCUT2D eigenvalue weighted by molar-refractivity contribution is 6.16. The van der Waals surface area contributed by atoms with Gasteiger partial charge in [0.1, 0.15) is 30.0 Å². The molecule has 0 spiro atoms. The lowest BCUT2D eigenvalue weighted by Gasteiger charge is -2.19. The molecule has 27 heavy (non-hydrogen) atoms. The number of carbonyl (C=O) groups excluding carboxylic acids is 3. The topological polar surface area (TPSA) is 69.7 Å². The maximum Gasteiger partial charge on any atom is 0.332 e. The molecule has 2 aromatic rings. The predicted molar refractivity (Wildman–Crippen MR) is 90.4 cm³/mol. The van der Waals surface area contributed by atoms with E-state index in [1.165, 1.54) is 19.1 Å². The molecule has 1 fully saturated rings. The fourth-order valence-electron chi connectivity index (χ4n) is 2.73. The van der Waals surface area contributed by atoms with Gasteiger partial charge in [-0.3, -0.25) is 19.4 Å². The second kappa shape index (κ2) is 7.10. The molecular weight excluding hydrogens is 363 g/mol. The van der Waals surface area contributed by atoms with Crippen LogP contribution < -0.4 is 10.2 Å². The zero-order valence-corrected chi connectivity index (χ0v) is 14.1. The van der Waals surface area contributed by atoms with Crippen LogP contribution in [-0.2, 0) is 9.59 Å². The van der Waals surface area contributed by atoms with E-state index in [1.807, 2.05) is 0 Å². The molecule has 1 N–H and O–H groups in total. The van der Waals surface area contributed by atoms with Crippen LogP contribution >= 0.6 is 0 Å². The van der Waals surface area contributed by atoms with E-state index >= 15 is 0 Å². The molecule has 0 aliphatic carbocycles. The van der Waals surface area contributed by atoms with Crippen molar-refractivity contribution in [2.24, 2.45) is 0 Å². The number of rotatable bonds is 4. The van der Waals surface area contributed by atoms with E-state index in [9.17, 15) is 27.6 Å². The number of carbonyl (C=O) groups is 3. The molecule has 2 aromatic carbocycles. The van der Waals surface area contributed by atoms with E-state index in [0.29, 0.717) is 16.7 Å². The molecule has 0 unspecified atom stereocenters. The van der Waals surface area contributed by atoms with Gasteiger partial charge in [-0.25, -0.2) is 18.0 Å². The van der Waals surface area contributed by atoms with Crippen molar-refractivity contribution in [1.29, 1.82) is 0 Å². The number of hydrogen-bond donors (Lipinski definition) is 1. The summed E-state index contributed by atoms with van der Waals surface area (Å²) in [6.07, 6.45) is 0. The lowest BCUT2D eigenvalue weighted by molar-refractivity contribution is -0.130. The Labute approximate surface area is 152 Å². The predicted octanol–water partition coefficient (Wildman–Crippen LogP) is 2.90. The number of amides is 4. The number of imide groups is 1. The normalized spacial score (nSPS) is 16.8. The van der Waals surface area contributed by atoms with Gasteiger partial charge in [0.05, 0.1) is 5.69 Å². The Bertz CT molecular complexity index is 918. The molecule has 0 saturated carbocycles. The molecule has 0 aromatic heterocycles. The molecule has 1 heterocycles. The average Bonchev–Trinajstić information content (AvgIpc) is 2.82. The molecule has 6 nitrogen and oxygen atoms in total. The van der Waals surface area contributed by atoms with Gasteiger partial charge < -0.3 is 5.32 Å². The van der Waals surface area contributed by atoms with E-state index in [1.54, 1.807) is 0 Å². The van der Waals surface area contributed by atoms with E-state index in [-0.39, 0.29) is 5.69 Å². The number of benzene rings is 2. The van der Waals surface area contributed by atoms with Gasteiger partial charge in [-0.1, -0.05) is 0 Å². The molecule has 1 atom stereocenters. The Balaban J connectivity index is 1.74. The third-order valence-electron chi connectivity index (χ3n) is 4.06. The monoisotopic (exact) mass is 377 g/mol. The molecular formula is C18H14F3N3O3. The summed E-state index contributed by atoms with van der Waals surface area (Å²) < 4.78 is 39.6. The number of urea groups is 1. The van der Waals surface area contributed by atoms with Gasteiger partial charge in [0.15, 0.2) is 0 Å². The molecule has 9 heteroatoms. The number of nitrogens with one attached hydrogen (secondary N) is 1. The Morgan fingerprint density at radius 1 is 1.04 bits per heavy atom. The zero-order chi connectivity index (χ0) is 19.7. The summed E-state index contributed by atoms with van der Waals surface area (Å²) in [7, 11) is 0. The van der Waals surface area contributed by atoms with Crippen LogP contribution in [0.3, 0.4) is 0 Å². The lowest BCUT2D eigenvalue weighted by atomic mass is 10.2. The molecule has 1 saturated heterocycles. The van der Waals surface area contributed by atoms with Crippen LogP contribution in [0.25, 0.3) is 0 Å². The summed E-state index contributed by atoms with van der Waals surface area (Å²) in [6.45, 7) is 0.831. The third kappa shape index (κ3) is 3.62. The molecule has 0 radical (unpaired) electrons. The highest BCUT2D eigenvalue weighted by Gasteiger charge is 2.44. The highest BCUT2D eigenvalue weighted by Crippen LogP contribution is 2.26. The van der Waals surface area contributed by atoms with Crippen molar-refractivity contribution in [3.63, 3.8) is 0 Å². The molecule has 140 valence electrons. The van der Waals surface area contributed by atoms with Crippen molar-refractivity contribution in [3.8, 4) is 0 Å². The van der Waals surface area contributed by atoms with Crippen LogP contribution in [0.4, 0.5) is 29.3 Å². The summed E-state index contributed by atoms with van der Waals surface area (Å²) in [5.74, 6) is -3.74. The quantitative estimate of drug-likeness (QED) is 0.833. The van der Waals surface area contributed by atoms with Gasteiger partial charge in [0, 0.05) is 11.8 Å². The van der Waals surface area contributed by atoms with Gasteiger partial charge in [0.2, 0.25) is 5.91 Å². The third-order valence-corrected chi connectivity index (χ3v) is 4.06. The van der Waals surface area contributed by atoms with Gasteiger partial charge in [0.25, 0.3) is 5.91 Å². The first kappa shape index (κ1) is 18.4. The number of hydrogen-bond acceptors (Lipinski definition) is 3. The van der Waals surface area contributed by atoms with Crippen molar-refractivity contribution >= 4 is 29.2 Å². The maximum atomic E-state index is 13.6. The smallest absolute Gasteiger partial charge is 0.322 e. The van der Waals surface area contributed by atoms with Crippen molar-refractivity contribution in [2.75, 3.05) is 16.8 Å². The zero-order valence-electron chi connectivity index (χ0n) is 14.1. The lowest BCUT2D eigenvalue weighted by Crippen LogP contribution is -2.39. The van der Waals surface area contributed by atoms with E-state index in [2.05, 4.69) is 5.32 Å². The van der Waals surface area contributed by atoms with E-state index in [0.717, 1.165) is 29.2 Å². The number of nitrogens with zero attached hydrogens (tertiary/aromatic N) is 2. The standard InChI is InChI=1S/C18H14F3N3O3/c1-10-17(26)23(18(27)24(10)13-5-2-11(19)3-6-13)9-16(25)22-15-7-4-12(20)8-14(15)21/h2-8,10H,9H2,1H3,(H,22,25)/t10-/m0/s1. The first-order valence-corrected chi connectivity index (χ1v) is 7.93. The highest BCUT2D eigenvalue weighted by atomic mass is 19.1. The van der Waals surface area contributed by atoms with Gasteiger partial charge in [-0.15, -0.1) is 0 Å². The molecule has 4 amide bonds.